The fourth-order valence-corrected chi connectivity index (χ4v) is 3.81. The largest absolute Gasteiger partial charge is 0.493 e. The molecule has 160 valence electrons. The lowest BCUT2D eigenvalue weighted by atomic mass is 10.2. The molecule has 0 unspecified atom stereocenters. The van der Waals surface area contributed by atoms with Crippen LogP contribution in [0.15, 0.2) is 59.0 Å². The Morgan fingerprint density at radius 2 is 1.91 bits per heavy atom. The zero-order valence-electron chi connectivity index (χ0n) is 17.6. The van der Waals surface area contributed by atoms with Crippen LogP contribution in [0, 0.1) is 11.3 Å². The highest BCUT2D eigenvalue weighted by atomic mass is 16.5. The van der Waals surface area contributed by atoms with E-state index >= 15 is 0 Å². The highest BCUT2D eigenvalue weighted by Crippen LogP contribution is 2.31. The zero-order valence-corrected chi connectivity index (χ0v) is 17.6. The van der Waals surface area contributed by atoms with Crippen LogP contribution in [-0.2, 0) is 4.74 Å². The number of allylic oxidation sites excluding steroid dienone is 1. The Kier molecular flexibility index (Phi) is 5.32. The number of hydrogen-bond acceptors (Lipinski definition) is 7. The number of methoxy groups -OCH3 is 1. The summed E-state index contributed by atoms with van der Waals surface area (Å²) < 4.78 is 18.7. The van der Waals surface area contributed by atoms with Gasteiger partial charge in [0.05, 0.1) is 26.0 Å². The van der Waals surface area contributed by atoms with Crippen molar-refractivity contribution in [2.45, 2.75) is 0 Å². The van der Waals surface area contributed by atoms with Crippen molar-refractivity contribution in [2.24, 2.45) is 0 Å². The molecule has 0 bridgehead atoms. The van der Waals surface area contributed by atoms with Crippen molar-refractivity contribution >= 4 is 28.6 Å². The molecule has 1 aliphatic rings. The van der Waals surface area contributed by atoms with Gasteiger partial charge in [0.1, 0.15) is 17.4 Å². The van der Waals surface area contributed by atoms with Crippen molar-refractivity contribution in [2.75, 3.05) is 38.3 Å². The Hall–Kier alpha value is -4.09. The van der Waals surface area contributed by atoms with Gasteiger partial charge < -0.3 is 18.8 Å². The van der Waals surface area contributed by atoms with Gasteiger partial charge >= 0.3 is 0 Å². The first-order chi connectivity index (χ1) is 15.8. The quantitative estimate of drug-likeness (QED) is 0.446. The number of nitriles is 1. The highest BCUT2D eigenvalue weighted by molar-refractivity contribution is 5.91. The van der Waals surface area contributed by atoms with E-state index in [1.165, 1.54) is 0 Å². The summed E-state index contributed by atoms with van der Waals surface area (Å²) in [5.41, 5.74) is 1.86. The maximum Gasteiger partial charge on any atom is 0.232 e. The third kappa shape index (κ3) is 3.59. The maximum absolute atomic E-state index is 10.0. The van der Waals surface area contributed by atoms with Crippen LogP contribution in [0.4, 0.5) is 5.95 Å². The van der Waals surface area contributed by atoms with Gasteiger partial charge in [-0.05, 0) is 24.3 Å². The van der Waals surface area contributed by atoms with Gasteiger partial charge in [-0.3, -0.25) is 4.57 Å². The van der Waals surface area contributed by atoms with E-state index in [9.17, 15) is 5.26 Å². The molecule has 8 heteroatoms. The normalized spacial score (nSPS) is 14.5. The molecular formula is C24H21N5O3. The van der Waals surface area contributed by atoms with Crippen LogP contribution in [0.2, 0.25) is 0 Å². The van der Waals surface area contributed by atoms with Crippen molar-refractivity contribution in [1.82, 2.24) is 14.8 Å². The number of furan rings is 1. The van der Waals surface area contributed by atoms with E-state index in [1.54, 1.807) is 13.2 Å². The molecule has 1 aliphatic heterocycles. The number of hydrogen-bond donors (Lipinski definition) is 0. The second kappa shape index (κ2) is 8.57. The summed E-state index contributed by atoms with van der Waals surface area (Å²) in [5, 5.41) is 19.7. The molecule has 5 rings (SSSR count). The average Bonchev–Trinajstić information content (AvgIpc) is 3.47. The zero-order chi connectivity index (χ0) is 21.9. The molecule has 0 aliphatic carbocycles. The molecule has 0 amide bonds. The van der Waals surface area contributed by atoms with Gasteiger partial charge in [-0.25, -0.2) is 0 Å². The summed E-state index contributed by atoms with van der Waals surface area (Å²) in [5.74, 6) is 2.31. The number of ether oxygens (including phenoxy) is 2. The number of morpholine rings is 1. The van der Waals surface area contributed by atoms with Gasteiger partial charge in [0, 0.05) is 24.6 Å². The summed E-state index contributed by atoms with van der Waals surface area (Å²) in [6, 6.07) is 19.6. The van der Waals surface area contributed by atoms with Gasteiger partial charge in [0.15, 0.2) is 17.2 Å². The predicted molar refractivity (Wildman–Crippen MR) is 121 cm³/mol. The molecule has 3 heterocycles. The fraction of sp³-hybridized carbons (Fsp3) is 0.208. The fourth-order valence-electron chi connectivity index (χ4n) is 3.81. The molecule has 1 saturated heterocycles. The van der Waals surface area contributed by atoms with E-state index in [-0.39, 0.29) is 0 Å². The van der Waals surface area contributed by atoms with E-state index in [4.69, 9.17) is 13.9 Å². The van der Waals surface area contributed by atoms with Gasteiger partial charge in [0.2, 0.25) is 5.95 Å². The Morgan fingerprint density at radius 3 is 2.66 bits per heavy atom. The summed E-state index contributed by atoms with van der Waals surface area (Å²) >= 11 is 0. The number of benzene rings is 2. The Morgan fingerprint density at radius 1 is 1.09 bits per heavy atom. The van der Waals surface area contributed by atoms with Crippen LogP contribution in [0.25, 0.3) is 28.3 Å². The first kappa shape index (κ1) is 19.8. The molecular weight excluding hydrogens is 406 g/mol. The minimum Gasteiger partial charge on any atom is -0.493 e. The van der Waals surface area contributed by atoms with Crippen LogP contribution in [0.1, 0.15) is 11.6 Å². The number of anilines is 1. The summed E-state index contributed by atoms with van der Waals surface area (Å²) in [6.45, 7) is 2.66. The van der Waals surface area contributed by atoms with Crippen LogP contribution < -0.4 is 9.64 Å². The van der Waals surface area contributed by atoms with Gasteiger partial charge in [0.25, 0.3) is 0 Å². The van der Waals surface area contributed by atoms with E-state index in [1.807, 2.05) is 59.2 Å². The molecule has 0 spiro atoms. The van der Waals surface area contributed by atoms with E-state index in [0.717, 1.165) is 11.1 Å². The third-order valence-corrected chi connectivity index (χ3v) is 5.35. The van der Waals surface area contributed by atoms with Gasteiger partial charge in [-0.15, -0.1) is 10.2 Å². The SMILES string of the molecule is COc1cccc2cc(/C=C(/C#N)c3nnc(N4CCOCC4)n3-c3ccccc3)oc12. The lowest BCUT2D eigenvalue weighted by Gasteiger charge is -2.28. The summed E-state index contributed by atoms with van der Waals surface area (Å²) in [7, 11) is 1.60. The predicted octanol–water partition coefficient (Wildman–Crippen LogP) is 3.92. The topological polar surface area (TPSA) is 89.3 Å². The summed E-state index contributed by atoms with van der Waals surface area (Å²) in [4.78, 5) is 2.12. The third-order valence-electron chi connectivity index (χ3n) is 5.35. The minimum atomic E-state index is 0.346. The molecule has 2 aromatic carbocycles. The minimum absolute atomic E-state index is 0.346. The second-order valence-corrected chi connectivity index (χ2v) is 7.29. The molecule has 0 saturated carbocycles. The monoisotopic (exact) mass is 427 g/mol. The average molecular weight is 427 g/mol. The maximum atomic E-state index is 10.0. The number of para-hydroxylation sites is 2. The first-order valence-corrected chi connectivity index (χ1v) is 10.3. The van der Waals surface area contributed by atoms with Crippen LogP contribution in [0.3, 0.4) is 0 Å². The number of nitrogens with zero attached hydrogens (tertiary/aromatic N) is 5. The Balaban J connectivity index is 1.63. The number of fused-ring (bicyclic) bond motifs is 1. The van der Waals surface area contributed by atoms with Crippen molar-refractivity contribution in [3.63, 3.8) is 0 Å². The molecule has 1 fully saturated rings. The van der Waals surface area contributed by atoms with E-state index in [0.29, 0.717) is 60.7 Å². The second-order valence-electron chi connectivity index (χ2n) is 7.29. The molecule has 2 aromatic heterocycles. The van der Waals surface area contributed by atoms with Crippen LogP contribution in [0.5, 0.6) is 5.75 Å². The molecule has 0 radical (unpaired) electrons. The number of rotatable bonds is 5. The van der Waals surface area contributed by atoms with Gasteiger partial charge in [-0.1, -0.05) is 30.3 Å². The van der Waals surface area contributed by atoms with Crippen molar-refractivity contribution in [3.05, 3.63) is 66.2 Å². The lowest BCUT2D eigenvalue weighted by Crippen LogP contribution is -2.38. The van der Waals surface area contributed by atoms with E-state index < -0.39 is 0 Å². The Bertz CT molecular complexity index is 1310. The molecule has 4 aromatic rings. The molecule has 0 N–H and O–H groups in total. The number of aromatic nitrogens is 3. The molecule has 32 heavy (non-hydrogen) atoms. The Labute approximate surface area is 184 Å². The van der Waals surface area contributed by atoms with Gasteiger partial charge in [-0.2, -0.15) is 5.26 Å². The highest BCUT2D eigenvalue weighted by Gasteiger charge is 2.23. The first-order valence-electron chi connectivity index (χ1n) is 10.3. The molecule has 8 nitrogen and oxygen atoms in total. The lowest BCUT2D eigenvalue weighted by molar-refractivity contribution is 0.122. The van der Waals surface area contributed by atoms with Crippen LogP contribution in [-0.4, -0.2) is 48.2 Å². The molecule has 0 atom stereocenters. The van der Waals surface area contributed by atoms with E-state index in [2.05, 4.69) is 21.2 Å². The van der Waals surface area contributed by atoms with Crippen molar-refractivity contribution in [1.29, 1.82) is 5.26 Å². The van der Waals surface area contributed by atoms with Crippen molar-refractivity contribution < 1.29 is 13.9 Å². The van der Waals surface area contributed by atoms with Crippen LogP contribution >= 0.6 is 0 Å². The van der Waals surface area contributed by atoms with Crippen molar-refractivity contribution in [3.8, 4) is 17.5 Å². The standard InChI is InChI=1S/C24H21N5O3/c1-30-21-9-5-6-17-14-20(32-22(17)21)15-18(16-25)23-26-27-24(28-10-12-31-13-11-28)29(23)19-7-3-2-4-8-19/h2-9,14-15H,10-13H2,1H3/b18-15-. The summed E-state index contributed by atoms with van der Waals surface area (Å²) in [6.07, 6.45) is 1.69. The smallest absolute Gasteiger partial charge is 0.232 e.